The Labute approximate surface area is 127 Å². The molecule has 0 fully saturated rings. The number of hydrogen-bond donors (Lipinski definition) is 0. The molecule has 0 aliphatic carbocycles. The first-order valence-corrected chi connectivity index (χ1v) is 6.88. The number of benzene rings is 2. The number of aromatic nitrogens is 1. The van der Waals surface area contributed by atoms with Crippen LogP contribution in [-0.2, 0) is 11.3 Å². The molecule has 0 saturated carbocycles. The fraction of sp³-hybridized carbons (Fsp3) is 0.0588. The van der Waals surface area contributed by atoms with E-state index < -0.39 is 5.97 Å². The van der Waals surface area contributed by atoms with Crippen LogP contribution >= 0.6 is 11.6 Å². The second-order valence-corrected chi connectivity index (χ2v) is 4.91. The molecule has 1 heterocycles. The number of esters is 1. The highest BCUT2D eigenvalue weighted by atomic mass is 35.5. The minimum Gasteiger partial charge on any atom is -0.457 e. The third kappa shape index (κ3) is 2.88. The van der Waals surface area contributed by atoms with Crippen molar-refractivity contribution in [3.63, 3.8) is 0 Å². The largest absolute Gasteiger partial charge is 0.457 e. The summed E-state index contributed by atoms with van der Waals surface area (Å²) in [5, 5.41) is 2.34. The molecule has 0 amide bonds. The number of fused-ring (bicyclic) bond motifs is 1. The Bertz CT molecular complexity index is 796. The molecule has 1 aromatic heterocycles. The second-order valence-electron chi connectivity index (χ2n) is 4.56. The van der Waals surface area contributed by atoms with E-state index in [0.29, 0.717) is 0 Å². The Kier molecular flexibility index (Phi) is 3.84. The van der Waals surface area contributed by atoms with Gasteiger partial charge in [0.15, 0.2) is 0 Å². The minimum atomic E-state index is -0.471. The van der Waals surface area contributed by atoms with Gasteiger partial charge in [0.05, 0.1) is 5.56 Å². The molecule has 3 rings (SSSR count). The van der Waals surface area contributed by atoms with Gasteiger partial charge in [0.2, 0.25) is 0 Å². The zero-order valence-electron chi connectivity index (χ0n) is 11.1. The fourth-order valence-electron chi connectivity index (χ4n) is 2.18. The molecule has 0 saturated heterocycles. The highest BCUT2D eigenvalue weighted by Gasteiger charge is 2.12. The van der Waals surface area contributed by atoms with E-state index in [1.165, 1.54) is 6.20 Å². The lowest BCUT2D eigenvalue weighted by Gasteiger charge is -2.08. The summed E-state index contributed by atoms with van der Waals surface area (Å²) in [6.45, 7) is 0.200. The third-order valence-electron chi connectivity index (χ3n) is 3.22. The number of pyridine rings is 1. The Hall–Kier alpha value is -2.39. The molecule has 3 aromatic rings. The van der Waals surface area contributed by atoms with Gasteiger partial charge in [-0.05, 0) is 28.5 Å². The highest BCUT2D eigenvalue weighted by molar-refractivity contribution is 6.32. The average molecular weight is 298 g/mol. The molecule has 3 nitrogen and oxygen atoms in total. The van der Waals surface area contributed by atoms with Crippen LogP contribution in [0.3, 0.4) is 0 Å². The Morgan fingerprint density at radius 3 is 2.71 bits per heavy atom. The molecule has 0 N–H and O–H groups in total. The van der Waals surface area contributed by atoms with Gasteiger partial charge in [0, 0.05) is 6.20 Å². The molecule has 0 aliphatic rings. The predicted molar refractivity (Wildman–Crippen MR) is 82.3 cm³/mol. The summed E-state index contributed by atoms with van der Waals surface area (Å²) in [7, 11) is 0. The average Bonchev–Trinajstić information content (AvgIpc) is 2.53. The van der Waals surface area contributed by atoms with E-state index >= 15 is 0 Å². The molecular formula is C17H12ClNO2. The van der Waals surface area contributed by atoms with Crippen molar-refractivity contribution in [2.24, 2.45) is 0 Å². The van der Waals surface area contributed by atoms with Crippen LogP contribution in [0, 0.1) is 0 Å². The SMILES string of the molecule is O=C(OCc1cccc2ccccc12)c1cccnc1Cl. The Morgan fingerprint density at radius 2 is 1.86 bits per heavy atom. The van der Waals surface area contributed by atoms with Crippen molar-refractivity contribution >= 4 is 28.3 Å². The van der Waals surface area contributed by atoms with Gasteiger partial charge >= 0.3 is 5.97 Å². The minimum absolute atomic E-state index is 0.153. The lowest BCUT2D eigenvalue weighted by Crippen LogP contribution is -2.06. The molecule has 104 valence electrons. The number of rotatable bonds is 3. The number of hydrogen-bond acceptors (Lipinski definition) is 3. The van der Waals surface area contributed by atoms with Gasteiger partial charge in [-0.15, -0.1) is 0 Å². The fourth-order valence-corrected chi connectivity index (χ4v) is 2.37. The van der Waals surface area contributed by atoms with Crippen LogP contribution in [0.2, 0.25) is 5.15 Å². The summed E-state index contributed by atoms with van der Waals surface area (Å²) in [6, 6.07) is 17.1. The van der Waals surface area contributed by atoms with E-state index in [2.05, 4.69) is 4.98 Å². The van der Waals surface area contributed by atoms with Crippen molar-refractivity contribution in [1.82, 2.24) is 4.98 Å². The quantitative estimate of drug-likeness (QED) is 0.536. The maximum absolute atomic E-state index is 12.0. The zero-order valence-corrected chi connectivity index (χ0v) is 11.9. The van der Waals surface area contributed by atoms with Crippen molar-refractivity contribution in [1.29, 1.82) is 0 Å². The molecule has 0 bridgehead atoms. The Balaban J connectivity index is 1.81. The molecule has 0 unspecified atom stereocenters. The summed E-state index contributed by atoms with van der Waals surface area (Å²) in [6.07, 6.45) is 1.53. The lowest BCUT2D eigenvalue weighted by atomic mass is 10.1. The van der Waals surface area contributed by atoms with Crippen molar-refractivity contribution in [2.45, 2.75) is 6.61 Å². The van der Waals surface area contributed by atoms with Crippen molar-refractivity contribution in [3.8, 4) is 0 Å². The summed E-state index contributed by atoms with van der Waals surface area (Å²) in [5.74, 6) is -0.471. The van der Waals surface area contributed by atoms with Crippen molar-refractivity contribution < 1.29 is 9.53 Å². The molecule has 0 atom stereocenters. The van der Waals surface area contributed by atoms with E-state index in [4.69, 9.17) is 16.3 Å². The number of ether oxygens (including phenoxy) is 1. The standard InChI is InChI=1S/C17H12ClNO2/c18-16-15(9-4-10-19-16)17(20)21-11-13-7-3-6-12-5-1-2-8-14(12)13/h1-10H,11H2. The summed E-state index contributed by atoms with van der Waals surface area (Å²) >= 11 is 5.88. The molecule has 0 spiro atoms. The smallest absolute Gasteiger partial charge is 0.341 e. The van der Waals surface area contributed by atoms with Gasteiger partial charge < -0.3 is 4.74 Å². The van der Waals surface area contributed by atoms with Crippen molar-refractivity contribution in [3.05, 3.63) is 77.1 Å². The van der Waals surface area contributed by atoms with Crippen LogP contribution in [-0.4, -0.2) is 11.0 Å². The summed E-state index contributed by atoms with van der Waals surface area (Å²) < 4.78 is 5.34. The molecular weight excluding hydrogens is 286 g/mol. The van der Waals surface area contributed by atoms with Gasteiger partial charge in [-0.25, -0.2) is 9.78 Å². The van der Waals surface area contributed by atoms with E-state index in [1.54, 1.807) is 12.1 Å². The number of nitrogens with zero attached hydrogens (tertiary/aromatic N) is 1. The molecule has 0 aliphatic heterocycles. The van der Waals surface area contributed by atoms with Crippen LogP contribution < -0.4 is 0 Å². The van der Waals surface area contributed by atoms with Gasteiger partial charge in [-0.2, -0.15) is 0 Å². The van der Waals surface area contributed by atoms with Crippen LogP contribution in [0.25, 0.3) is 10.8 Å². The lowest BCUT2D eigenvalue weighted by molar-refractivity contribution is 0.0474. The molecule has 4 heteroatoms. The van der Waals surface area contributed by atoms with E-state index in [1.807, 2.05) is 42.5 Å². The van der Waals surface area contributed by atoms with Gasteiger partial charge in [-0.3, -0.25) is 0 Å². The Morgan fingerprint density at radius 1 is 1.05 bits per heavy atom. The zero-order chi connectivity index (χ0) is 14.7. The molecule has 2 aromatic carbocycles. The summed E-state index contributed by atoms with van der Waals surface area (Å²) in [4.78, 5) is 15.9. The van der Waals surface area contributed by atoms with Crippen LogP contribution in [0.1, 0.15) is 15.9 Å². The first-order chi connectivity index (χ1) is 10.3. The number of halogens is 1. The number of carbonyl (C=O) groups excluding carboxylic acids is 1. The second kappa shape index (κ2) is 5.94. The van der Waals surface area contributed by atoms with Crippen LogP contribution in [0.15, 0.2) is 60.8 Å². The van der Waals surface area contributed by atoms with Gasteiger partial charge in [-0.1, -0.05) is 54.1 Å². The number of carbonyl (C=O) groups is 1. The topological polar surface area (TPSA) is 39.2 Å². The first kappa shape index (κ1) is 13.6. The molecule has 21 heavy (non-hydrogen) atoms. The van der Waals surface area contributed by atoms with Crippen molar-refractivity contribution in [2.75, 3.05) is 0 Å². The normalized spacial score (nSPS) is 10.5. The highest BCUT2D eigenvalue weighted by Crippen LogP contribution is 2.20. The maximum atomic E-state index is 12.0. The van der Waals surface area contributed by atoms with E-state index in [9.17, 15) is 4.79 Å². The predicted octanol–water partition coefficient (Wildman–Crippen LogP) is 4.25. The maximum Gasteiger partial charge on any atom is 0.341 e. The van der Waals surface area contributed by atoms with E-state index in [0.717, 1.165) is 16.3 Å². The van der Waals surface area contributed by atoms with Gasteiger partial charge in [0.25, 0.3) is 0 Å². The van der Waals surface area contributed by atoms with Crippen LogP contribution in [0.5, 0.6) is 0 Å². The summed E-state index contributed by atoms with van der Waals surface area (Å²) in [5.41, 5.74) is 1.24. The monoisotopic (exact) mass is 297 g/mol. The van der Waals surface area contributed by atoms with Gasteiger partial charge in [0.1, 0.15) is 11.8 Å². The third-order valence-corrected chi connectivity index (χ3v) is 3.52. The molecule has 0 radical (unpaired) electrons. The first-order valence-electron chi connectivity index (χ1n) is 6.50. The van der Waals surface area contributed by atoms with E-state index in [-0.39, 0.29) is 17.3 Å². The van der Waals surface area contributed by atoms with Crippen LogP contribution in [0.4, 0.5) is 0 Å².